The summed E-state index contributed by atoms with van der Waals surface area (Å²) in [7, 11) is 0. The third-order valence-corrected chi connectivity index (χ3v) is 3.80. The zero-order valence-electron chi connectivity index (χ0n) is 11.7. The van der Waals surface area contributed by atoms with Crippen LogP contribution in [0, 0.1) is 0 Å². The van der Waals surface area contributed by atoms with Crippen LogP contribution >= 0.6 is 15.9 Å². The minimum atomic E-state index is -0.578. The number of rotatable bonds is 4. The Kier molecular flexibility index (Phi) is 4.48. The van der Waals surface area contributed by atoms with E-state index in [0.717, 1.165) is 21.3 Å². The topological polar surface area (TPSA) is 63.6 Å². The van der Waals surface area contributed by atoms with Crippen LogP contribution < -0.4 is 5.32 Å². The van der Waals surface area contributed by atoms with E-state index in [1.54, 1.807) is 12.4 Å². The Morgan fingerprint density at radius 2 is 2.27 bits per heavy atom. The van der Waals surface area contributed by atoms with E-state index in [1.807, 2.05) is 36.4 Å². The Labute approximate surface area is 136 Å². The van der Waals surface area contributed by atoms with E-state index in [2.05, 4.69) is 31.4 Å². The molecule has 112 valence electrons. The molecule has 0 fully saturated rings. The predicted octanol–water partition coefficient (Wildman–Crippen LogP) is 2.65. The molecule has 1 N–H and O–H groups in total. The van der Waals surface area contributed by atoms with Crippen molar-refractivity contribution in [3.05, 3.63) is 64.4 Å². The van der Waals surface area contributed by atoms with Gasteiger partial charge in [0.05, 0.1) is 5.71 Å². The molecule has 0 spiro atoms. The summed E-state index contributed by atoms with van der Waals surface area (Å²) in [6, 6.07) is 11.5. The van der Waals surface area contributed by atoms with Crippen molar-refractivity contribution in [2.75, 3.05) is 0 Å². The average Bonchev–Trinajstić information content (AvgIpc) is 3.04. The SMILES string of the molecule is O=C(NCc1cccnc1)[C@@H]1CC(c2cccc(Br)c2)=NO1. The molecular weight excluding hydrogens is 346 g/mol. The van der Waals surface area contributed by atoms with Crippen LogP contribution in [0.15, 0.2) is 58.4 Å². The maximum absolute atomic E-state index is 12.1. The van der Waals surface area contributed by atoms with E-state index in [-0.39, 0.29) is 5.91 Å². The first-order chi connectivity index (χ1) is 10.7. The Hall–Kier alpha value is -2.21. The van der Waals surface area contributed by atoms with Gasteiger partial charge < -0.3 is 10.2 Å². The molecular formula is C16H14BrN3O2. The summed E-state index contributed by atoms with van der Waals surface area (Å²) in [5.74, 6) is -0.169. The minimum Gasteiger partial charge on any atom is -0.382 e. The molecule has 1 aromatic heterocycles. The van der Waals surface area contributed by atoms with Crippen LogP contribution in [0.5, 0.6) is 0 Å². The van der Waals surface area contributed by atoms with Crippen LogP contribution in [0.2, 0.25) is 0 Å². The van der Waals surface area contributed by atoms with Gasteiger partial charge in [-0.1, -0.05) is 39.3 Å². The number of hydrogen-bond donors (Lipinski definition) is 1. The molecule has 1 amide bonds. The number of benzene rings is 1. The first-order valence-corrected chi connectivity index (χ1v) is 7.67. The lowest BCUT2D eigenvalue weighted by atomic mass is 10.0. The van der Waals surface area contributed by atoms with Gasteiger partial charge in [-0.15, -0.1) is 0 Å². The highest BCUT2D eigenvalue weighted by atomic mass is 79.9. The Morgan fingerprint density at radius 1 is 1.36 bits per heavy atom. The van der Waals surface area contributed by atoms with Gasteiger partial charge in [-0.05, 0) is 23.8 Å². The molecule has 3 rings (SSSR count). The highest BCUT2D eigenvalue weighted by Crippen LogP contribution is 2.19. The number of halogens is 1. The fourth-order valence-electron chi connectivity index (χ4n) is 2.16. The van der Waals surface area contributed by atoms with Crippen molar-refractivity contribution in [1.82, 2.24) is 10.3 Å². The lowest BCUT2D eigenvalue weighted by Gasteiger charge is -2.09. The second-order valence-corrected chi connectivity index (χ2v) is 5.84. The van der Waals surface area contributed by atoms with Crippen LogP contribution in [0.1, 0.15) is 17.5 Å². The number of nitrogens with one attached hydrogen (secondary N) is 1. The van der Waals surface area contributed by atoms with Gasteiger partial charge in [-0.3, -0.25) is 9.78 Å². The minimum absolute atomic E-state index is 0.169. The Balaban J connectivity index is 1.56. The summed E-state index contributed by atoms with van der Waals surface area (Å²) in [5.41, 5.74) is 2.68. The van der Waals surface area contributed by atoms with E-state index < -0.39 is 6.10 Å². The number of carbonyl (C=O) groups excluding carboxylic acids is 1. The zero-order chi connectivity index (χ0) is 15.4. The van der Waals surface area contributed by atoms with Crippen LogP contribution in [-0.4, -0.2) is 22.7 Å². The van der Waals surface area contributed by atoms with E-state index in [9.17, 15) is 4.79 Å². The highest BCUT2D eigenvalue weighted by molar-refractivity contribution is 9.10. The van der Waals surface area contributed by atoms with Gasteiger partial charge in [0.2, 0.25) is 6.10 Å². The van der Waals surface area contributed by atoms with Gasteiger partial charge in [-0.2, -0.15) is 0 Å². The van der Waals surface area contributed by atoms with E-state index in [0.29, 0.717) is 13.0 Å². The van der Waals surface area contributed by atoms with Gasteiger partial charge in [0.15, 0.2) is 0 Å². The van der Waals surface area contributed by atoms with Crippen LogP contribution in [-0.2, 0) is 16.2 Å². The number of carbonyl (C=O) groups is 1. The summed E-state index contributed by atoms with van der Waals surface area (Å²) in [5, 5.41) is 6.86. The number of amides is 1. The first-order valence-electron chi connectivity index (χ1n) is 6.87. The van der Waals surface area contributed by atoms with Gasteiger partial charge >= 0.3 is 0 Å². The number of oxime groups is 1. The van der Waals surface area contributed by atoms with Crippen molar-refractivity contribution < 1.29 is 9.63 Å². The summed E-state index contributed by atoms with van der Waals surface area (Å²) in [4.78, 5) is 21.4. The number of hydrogen-bond acceptors (Lipinski definition) is 4. The molecule has 0 bridgehead atoms. The lowest BCUT2D eigenvalue weighted by molar-refractivity contribution is -0.131. The molecule has 2 aromatic rings. The smallest absolute Gasteiger partial charge is 0.264 e. The molecule has 5 nitrogen and oxygen atoms in total. The van der Waals surface area contributed by atoms with Gasteiger partial charge in [0.1, 0.15) is 0 Å². The van der Waals surface area contributed by atoms with Gasteiger partial charge in [0, 0.05) is 35.4 Å². The summed E-state index contributed by atoms with van der Waals surface area (Å²) < 4.78 is 0.970. The first kappa shape index (κ1) is 14.7. The van der Waals surface area contributed by atoms with Crippen molar-refractivity contribution in [3.8, 4) is 0 Å². The summed E-state index contributed by atoms with van der Waals surface area (Å²) >= 11 is 3.42. The van der Waals surface area contributed by atoms with E-state index >= 15 is 0 Å². The second kappa shape index (κ2) is 6.70. The number of nitrogens with zero attached hydrogens (tertiary/aromatic N) is 2. The summed E-state index contributed by atoms with van der Waals surface area (Å²) in [6.07, 6.45) is 3.31. The van der Waals surface area contributed by atoms with Crippen LogP contribution in [0.25, 0.3) is 0 Å². The van der Waals surface area contributed by atoms with Gasteiger partial charge in [-0.25, -0.2) is 0 Å². The monoisotopic (exact) mass is 359 g/mol. The summed E-state index contributed by atoms with van der Waals surface area (Å²) in [6.45, 7) is 0.429. The molecule has 22 heavy (non-hydrogen) atoms. The average molecular weight is 360 g/mol. The zero-order valence-corrected chi connectivity index (χ0v) is 13.3. The maximum Gasteiger partial charge on any atom is 0.264 e. The molecule has 6 heteroatoms. The number of aromatic nitrogens is 1. The van der Waals surface area contributed by atoms with Crippen molar-refractivity contribution in [1.29, 1.82) is 0 Å². The highest BCUT2D eigenvalue weighted by Gasteiger charge is 2.28. The van der Waals surface area contributed by atoms with Crippen molar-refractivity contribution in [3.63, 3.8) is 0 Å². The van der Waals surface area contributed by atoms with E-state index in [1.165, 1.54) is 0 Å². The van der Waals surface area contributed by atoms with Crippen LogP contribution in [0.4, 0.5) is 0 Å². The van der Waals surface area contributed by atoms with Gasteiger partial charge in [0.25, 0.3) is 5.91 Å². The molecule has 1 aliphatic heterocycles. The fourth-order valence-corrected chi connectivity index (χ4v) is 2.56. The molecule has 0 saturated carbocycles. The Morgan fingerprint density at radius 3 is 3.05 bits per heavy atom. The van der Waals surface area contributed by atoms with E-state index in [4.69, 9.17) is 4.84 Å². The predicted molar refractivity (Wildman–Crippen MR) is 86.3 cm³/mol. The quantitative estimate of drug-likeness (QED) is 0.912. The molecule has 0 unspecified atom stereocenters. The maximum atomic E-state index is 12.1. The normalized spacial score (nSPS) is 16.8. The molecule has 2 heterocycles. The molecule has 1 aromatic carbocycles. The third-order valence-electron chi connectivity index (χ3n) is 3.31. The number of pyridine rings is 1. The third kappa shape index (κ3) is 3.51. The lowest BCUT2D eigenvalue weighted by Crippen LogP contribution is -2.34. The largest absolute Gasteiger partial charge is 0.382 e. The van der Waals surface area contributed by atoms with Crippen molar-refractivity contribution in [2.24, 2.45) is 5.16 Å². The Bertz CT molecular complexity index is 704. The van der Waals surface area contributed by atoms with Crippen molar-refractivity contribution >= 4 is 27.5 Å². The van der Waals surface area contributed by atoms with Crippen molar-refractivity contribution in [2.45, 2.75) is 19.1 Å². The molecule has 0 radical (unpaired) electrons. The molecule has 1 aliphatic rings. The molecule has 0 saturated heterocycles. The fraction of sp³-hybridized carbons (Fsp3) is 0.188. The second-order valence-electron chi connectivity index (χ2n) is 4.93. The molecule has 1 atom stereocenters. The molecule has 0 aliphatic carbocycles. The van der Waals surface area contributed by atoms with Crippen LogP contribution in [0.3, 0.4) is 0 Å². The standard InChI is InChI=1S/C16H14BrN3O2/c17-13-5-1-4-12(7-13)14-8-15(22-20-14)16(21)19-10-11-3-2-6-18-9-11/h1-7,9,15H,8,10H2,(H,19,21)/t15-/m0/s1.